The predicted molar refractivity (Wildman–Crippen MR) is 90.5 cm³/mol. The molecule has 1 fully saturated rings. The third kappa shape index (κ3) is 3.24. The fourth-order valence-corrected chi connectivity index (χ4v) is 3.25. The van der Waals surface area contributed by atoms with Crippen LogP contribution in [0.2, 0.25) is 0 Å². The molecule has 1 saturated carbocycles. The van der Waals surface area contributed by atoms with Crippen LogP contribution in [0.25, 0.3) is 6.08 Å². The van der Waals surface area contributed by atoms with Crippen molar-refractivity contribution in [3.8, 4) is 0 Å². The lowest BCUT2D eigenvalue weighted by molar-refractivity contribution is 0.0757. The van der Waals surface area contributed by atoms with Crippen LogP contribution in [-0.4, -0.2) is 17.8 Å². The van der Waals surface area contributed by atoms with Gasteiger partial charge in [-0.15, -0.1) is 0 Å². The van der Waals surface area contributed by atoms with E-state index < -0.39 is 0 Å². The maximum Gasteiger partial charge on any atom is 0.111 e. The number of hydrogen-bond acceptors (Lipinski definition) is 2. The number of hydrogen-bond donors (Lipinski definition) is 1. The van der Waals surface area contributed by atoms with Crippen molar-refractivity contribution >= 4 is 11.9 Å². The SMILES string of the molecule is C/C=C\C=C/c1c(C(C)C)cn([C@@H]2CCC[C@H]2OC)c1N. The van der Waals surface area contributed by atoms with E-state index in [9.17, 15) is 0 Å². The highest BCUT2D eigenvalue weighted by Gasteiger charge is 2.30. The minimum Gasteiger partial charge on any atom is -0.385 e. The molecule has 0 amide bonds. The highest BCUT2D eigenvalue weighted by Crippen LogP contribution is 2.38. The van der Waals surface area contributed by atoms with Crippen LogP contribution in [0.5, 0.6) is 0 Å². The molecule has 0 unspecified atom stereocenters. The Hall–Kier alpha value is -1.48. The molecule has 0 spiro atoms. The molecule has 0 aromatic carbocycles. The van der Waals surface area contributed by atoms with Gasteiger partial charge in [0.25, 0.3) is 0 Å². The summed E-state index contributed by atoms with van der Waals surface area (Å²) in [5, 5.41) is 0. The van der Waals surface area contributed by atoms with Gasteiger partial charge in [0.2, 0.25) is 0 Å². The molecule has 1 heterocycles. The molecule has 1 aromatic heterocycles. The van der Waals surface area contributed by atoms with E-state index in [2.05, 4.69) is 36.8 Å². The van der Waals surface area contributed by atoms with Gasteiger partial charge in [0.1, 0.15) is 5.82 Å². The number of nitrogens with zero attached hydrogens (tertiary/aromatic N) is 1. The Morgan fingerprint density at radius 2 is 2.10 bits per heavy atom. The van der Waals surface area contributed by atoms with Crippen molar-refractivity contribution in [1.29, 1.82) is 0 Å². The molecular weight excluding hydrogens is 260 g/mol. The molecule has 1 aromatic rings. The largest absolute Gasteiger partial charge is 0.385 e. The number of aromatic nitrogens is 1. The molecule has 1 aliphatic rings. The smallest absolute Gasteiger partial charge is 0.111 e. The van der Waals surface area contributed by atoms with Crippen molar-refractivity contribution in [3.05, 3.63) is 35.6 Å². The third-order valence-corrected chi connectivity index (χ3v) is 4.41. The van der Waals surface area contributed by atoms with E-state index in [1.165, 1.54) is 12.0 Å². The highest BCUT2D eigenvalue weighted by atomic mass is 16.5. The first-order valence-corrected chi connectivity index (χ1v) is 7.92. The van der Waals surface area contributed by atoms with E-state index in [0.717, 1.165) is 24.2 Å². The zero-order valence-electron chi connectivity index (χ0n) is 13.7. The number of rotatable bonds is 5. The van der Waals surface area contributed by atoms with Crippen molar-refractivity contribution in [1.82, 2.24) is 4.57 Å². The Bertz CT molecular complexity index is 526. The molecular formula is C18H28N2O. The fourth-order valence-electron chi connectivity index (χ4n) is 3.25. The van der Waals surface area contributed by atoms with Gasteiger partial charge in [0.15, 0.2) is 0 Å². The van der Waals surface area contributed by atoms with Gasteiger partial charge in [0.05, 0.1) is 12.1 Å². The van der Waals surface area contributed by atoms with Gasteiger partial charge in [-0.1, -0.05) is 38.2 Å². The lowest BCUT2D eigenvalue weighted by atomic mass is 10.0. The van der Waals surface area contributed by atoms with Crippen LogP contribution in [0.3, 0.4) is 0 Å². The molecule has 3 nitrogen and oxygen atoms in total. The van der Waals surface area contributed by atoms with E-state index in [0.29, 0.717) is 12.0 Å². The van der Waals surface area contributed by atoms with Crippen molar-refractivity contribution in [2.75, 3.05) is 12.8 Å². The topological polar surface area (TPSA) is 40.2 Å². The van der Waals surface area contributed by atoms with Gasteiger partial charge in [-0.3, -0.25) is 0 Å². The Morgan fingerprint density at radius 3 is 2.71 bits per heavy atom. The van der Waals surface area contributed by atoms with Gasteiger partial charge < -0.3 is 15.0 Å². The molecule has 116 valence electrons. The monoisotopic (exact) mass is 288 g/mol. The first-order chi connectivity index (χ1) is 10.1. The van der Waals surface area contributed by atoms with E-state index in [1.54, 1.807) is 7.11 Å². The maximum absolute atomic E-state index is 6.45. The molecule has 0 aliphatic heterocycles. The summed E-state index contributed by atoms with van der Waals surface area (Å²) in [5.41, 5.74) is 8.93. The summed E-state index contributed by atoms with van der Waals surface area (Å²) in [5.74, 6) is 1.33. The second-order valence-corrected chi connectivity index (χ2v) is 6.10. The summed E-state index contributed by atoms with van der Waals surface area (Å²) in [4.78, 5) is 0. The first kappa shape index (κ1) is 15.9. The Labute approximate surface area is 128 Å². The normalized spacial score (nSPS) is 23.1. The van der Waals surface area contributed by atoms with Crippen LogP contribution in [0.15, 0.2) is 24.4 Å². The van der Waals surface area contributed by atoms with Crippen LogP contribution >= 0.6 is 0 Å². The third-order valence-electron chi connectivity index (χ3n) is 4.41. The van der Waals surface area contributed by atoms with Gasteiger partial charge in [-0.2, -0.15) is 0 Å². The van der Waals surface area contributed by atoms with Crippen molar-refractivity contribution in [2.45, 2.75) is 58.1 Å². The van der Waals surface area contributed by atoms with Gasteiger partial charge >= 0.3 is 0 Å². The summed E-state index contributed by atoms with van der Waals surface area (Å²) < 4.78 is 7.88. The van der Waals surface area contributed by atoms with Gasteiger partial charge in [-0.05, 0) is 37.7 Å². The van der Waals surface area contributed by atoms with Crippen molar-refractivity contribution in [3.63, 3.8) is 0 Å². The van der Waals surface area contributed by atoms with Crippen molar-refractivity contribution < 1.29 is 4.74 Å². The summed E-state index contributed by atoms with van der Waals surface area (Å²) in [6.45, 7) is 6.45. The van der Waals surface area contributed by atoms with Crippen LogP contribution in [0.1, 0.15) is 63.1 Å². The summed E-state index contributed by atoms with van der Waals surface area (Å²) in [6.07, 6.45) is 14.2. The average molecular weight is 288 g/mol. The second kappa shape index (κ2) is 6.99. The number of nitrogen functional groups attached to an aromatic ring is 1. The molecule has 2 atom stereocenters. The number of ether oxygens (including phenoxy) is 1. The molecule has 1 aliphatic carbocycles. The van der Waals surface area contributed by atoms with E-state index >= 15 is 0 Å². The molecule has 2 rings (SSSR count). The maximum atomic E-state index is 6.45. The van der Waals surface area contributed by atoms with E-state index in [1.807, 2.05) is 19.1 Å². The standard InChI is InChI=1S/C18H28N2O/c1-5-6-7-9-14-15(13(2)3)12-20(18(14)19)16-10-8-11-17(16)21-4/h5-7,9,12-13,16-17H,8,10-11,19H2,1-4H3/b6-5-,9-7-/t16-,17-/m1/s1. The average Bonchev–Trinajstić information content (AvgIpc) is 3.04. The second-order valence-electron chi connectivity index (χ2n) is 6.10. The number of allylic oxidation sites excluding steroid dienone is 3. The van der Waals surface area contributed by atoms with Crippen LogP contribution in [0.4, 0.5) is 5.82 Å². The Morgan fingerprint density at radius 1 is 1.33 bits per heavy atom. The van der Waals surface area contributed by atoms with E-state index in [-0.39, 0.29) is 6.10 Å². The highest BCUT2D eigenvalue weighted by molar-refractivity contribution is 5.67. The lowest BCUT2D eigenvalue weighted by Crippen LogP contribution is -2.21. The quantitative estimate of drug-likeness (QED) is 0.809. The fraction of sp³-hybridized carbons (Fsp3) is 0.556. The summed E-state index contributed by atoms with van der Waals surface area (Å²) in [7, 11) is 1.80. The summed E-state index contributed by atoms with van der Waals surface area (Å²) >= 11 is 0. The minimum atomic E-state index is 0.284. The Balaban J connectivity index is 2.41. The minimum absolute atomic E-state index is 0.284. The summed E-state index contributed by atoms with van der Waals surface area (Å²) in [6, 6.07) is 0.372. The molecule has 21 heavy (non-hydrogen) atoms. The Kier molecular flexibility index (Phi) is 5.29. The lowest BCUT2D eigenvalue weighted by Gasteiger charge is -2.21. The van der Waals surface area contributed by atoms with Crippen LogP contribution < -0.4 is 5.73 Å². The number of methoxy groups -OCH3 is 1. The van der Waals surface area contributed by atoms with Crippen LogP contribution in [-0.2, 0) is 4.74 Å². The van der Waals surface area contributed by atoms with Gasteiger partial charge in [-0.25, -0.2) is 0 Å². The molecule has 0 radical (unpaired) electrons. The van der Waals surface area contributed by atoms with Crippen molar-refractivity contribution in [2.24, 2.45) is 0 Å². The molecule has 3 heteroatoms. The van der Waals surface area contributed by atoms with E-state index in [4.69, 9.17) is 10.5 Å². The molecule has 0 saturated heterocycles. The number of anilines is 1. The zero-order valence-corrected chi connectivity index (χ0v) is 13.7. The van der Waals surface area contributed by atoms with Crippen LogP contribution in [0, 0.1) is 0 Å². The predicted octanol–water partition coefficient (Wildman–Crippen LogP) is 4.52. The molecule has 2 N–H and O–H groups in total. The zero-order chi connectivity index (χ0) is 15.4. The van der Waals surface area contributed by atoms with Gasteiger partial charge in [0, 0.05) is 18.9 Å². The molecule has 0 bridgehead atoms. The number of nitrogens with two attached hydrogens (primary N) is 1. The first-order valence-electron chi connectivity index (χ1n) is 7.92.